The minimum atomic E-state index is -0.481. The monoisotopic (exact) mass is 498 g/mol. The van der Waals surface area contributed by atoms with Crippen molar-refractivity contribution >= 4 is 28.4 Å². The maximum absolute atomic E-state index is 15.6. The Kier molecular flexibility index (Phi) is 5.81. The lowest BCUT2D eigenvalue weighted by molar-refractivity contribution is 0.0985. The third-order valence-corrected chi connectivity index (χ3v) is 6.33. The van der Waals surface area contributed by atoms with Crippen molar-refractivity contribution in [3.8, 4) is 16.9 Å². The lowest BCUT2D eigenvalue weighted by atomic mass is 10.0. The molecular weight excluding hydrogens is 475 g/mol. The van der Waals surface area contributed by atoms with Crippen molar-refractivity contribution in [3.05, 3.63) is 78.6 Å². The second kappa shape index (κ2) is 9.43. The lowest BCUT2D eigenvalue weighted by Crippen LogP contribution is -2.44. The fraction of sp³-hybridized carbons (Fsp3) is 0.192. The van der Waals surface area contributed by atoms with Crippen LogP contribution in [-0.4, -0.2) is 61.7 Å². The molecule has 1 aliphatic heterocycles. The predicted octanol–water partition coefficient (Wildman–Crippen LogP) is 3.82. The van der Waals surface area contributed by atoms with Crippen LogP contribution in [0.1, 0.15) is 17.3 Å². The molecule has 0 radical (unpaired) electrons. The molecule has 37 heavy (non-hydrogen) atoms. The van der Waals surface area contributed by atoms with E-state index in [9.17, 15) is 4.79 Å². The number of halogens is 1. The summed E-state index contributed by atoms with van der Waals surface area (Å²) in [5.74, 6) is 0.430. The van der Waals surface area contributed by atoms with E-state index in [-0.39, 0.29) is 11.9 Å². The lowest BCUT2D eigenvalue weighted by Gasteiger charge is -2.34. The Morgan fingerprint density at radius 2 is 2.08 bits per heavy atom. The van der Waals surface area contributed by atoms with Crippen molar-refractivity contribution in [2.75, 3.05) is 30.0 Å². The summed E-state index contributed by atoms with van der Waals surface area (Å²) >= 11 is 0. The second-order valence-corrected chi connectivity index (χ2v) is 8.76. The Morgan fingerprint density at radius 1 is 1.16 bits per heavy atom. The van der Waals surface area contributed by atoms with Crippen LogP contribution in [0, 0.1) is 5.82 Å². The summed E-state index contributed by atoms with van der Waals surface area (Å²) in [6, 6.07) is 11.7. The molecule has 0 aliphatic carbocycles. The zero-order chi connectivity index (χ0) is 25.4. The van der Waals surface area contributed by atoms with E-state index in [1.807, 2.05) is 6.07 Å². The topological polar surface area (TPSA) is 114 Å². The van der Waals surface area contributed by atoms with Crippen molar-refractivity contribution in [2.45, 2.75) is 13.0 Å². The molecule has 0 saturated carbocycles. The van der Waals surface area contributed by atoms with Gasteiger partial charge in [-0.1, -0.05) is 0 Å². The number of H-pyrrole nitrogens is 1. The quantitative estimate of drug-likeness (QED) is 0.379. The van der Waals surface area contributed by atoms with Crippen LogP contribution in [0.4, 0.5) is 15.9 Å². The van der Waals surface area contributed by atoms with Crippen LogP contribution in [0.5, 0.6) is 0 Å². The van der Waals surface area contributed by atoms with Gasteiger partial charge in [0.05, 0.1) is 31.0 Å². The molecule has 1 atom stereocenters. The van der Waals surface area contributed by atoms with Crippen LogP contribution in [0.3, 0.4) is 0 Å². The van der Waals surface area contributed by atoms with E-state index in [2.05, 4.69) is 37.4 Å². The van der Waals surface area contributed by atoms with Crippen molar-refractivity contribution in [1.82, 2.24) is 29.9 Å². The first-order chi connectivity index (χ1) is 18.1. The average Bonchev–Trinajstić information content (AvgIpc) is 3.59. The highest BCUT2D eigenvalue weighted by Gasteiger charge is 2.24. The Balaban J connectivity index is 1.43. The number of anilines is 2. The molecule has 5 heterocycles. The first-order valence-corrected chi connectivity index (χ1v) is 11.8. The van der Waals surface area contributed by atoms with Crippen LogP contribution in [0.15, 0.2) is 67.3 Å². The summed E-state index contributed by atoms with van der Waals surface area (Å²) in [6.45, 7) is 3.89. The van der Waals surface area contributed by atoms with Crippen LogP contribution < -0.4 is 10.2 Å². The molecule has 186 valence electrons. The van der Waals surface area contributed by atoms with Gasteiger partial charge in [-0.2, -0.15) is 14.9 Å². The van der Waals surface area contributed by atoms with E-state index in [1.165, 1.54) is 12.3 Å². The molecule has 1 amide bonds. The summed E-state index contributed by atoms with van der Waals surface area (Å²) in [7, 11) is 0. The molecule has 10 nitrogen and oxygen atoms in total. The number of ether oxygens (including phenoxy) is 1. The Hall–Kier alpha value is -4.64. The Labute approximate surface area is 211 Å². The molecule has 0 spiro atoms. The van der Waals surface area contributed by atoms with E-state index in [0.29, 0.717) is 64.8 Å². The molecule has 11 heteroatoms. The molecule has 0 bridgehead atoms. The van der Waals surface area contributed by atoms with Gasteiger partial charge in [0.1, 0.15) is 11.6 Å². The van der Waals surface area contributed by atoms with Crippen molar-refractivity contribution in [3.63, 3.8) is 0 Å². The number of aromatic nitrogens is 6. The van der Waals surface area contributed by atoms with Gasteiger partial charge in [0.25, 0.3) is 5.91 Å². The molecule has 1 fully saturated rings. The van der Waals surface area contributed by atoms with Gasteiger partial charge < -0.3 is 15.0 Å². The normalized spacial score (nSPS) is 15.7. The highest BCUT2D eigenvalue weighted by molar-refractivity contribution is 6.04. The van der Waals surface area contributed by atoms with E-state index >= 15 is 4.39 Å². The number of nitrogens with zero attached hydrogens (tertiary/aromatic N) is 6. The van der Waals surface area contributed by atoms with Gasteiger partial charge in [-0.25, -0.2) is 9.37 Å². The first kappa shape index (κ1) is 22.8. The molecule has 4 aromatic heterocycles. The van der Waals surface area contributed by atoms with Crippen LogP contribution in [-0.2, 0) is 4.74 Å². The van der Waals surface area contributed by atoms with Crippen molar-refractivity contribution < 1.29 is 13.9 Å². The Morgan fingerprint density at radius 3 is 2.84 bits per heavy atom. The second-order valence-electron chi connectivity index (χ2n) is 8.76. The van der Waals surface area contributed by atoms with E-state index < -0.39 is 5.82 Å². The van der Waals surface area contributed by atoms with E-state index in [1.54, 1.807) is 53.6 Å². The molecule has 1 saturated heterocycles. The van der Waals surface area contributed by atoms with Crippen molar-refractivity contribution in [2.24, 2.45) is 0 Å². The summed E-state index contributed by atoms with van der Waals surface area (Å²) in [5.41, 5.74) is 2.30. The largest absolute Gasteiger partial charge is 0.377 e. The average molecular weight is 499 g/mol. The molecule has 1 aromatic carbocycles. The molecule has 2 N–H and O–H groups in total. The number of carbonyl (C=O) groups is 1. The molecular formula is C26H23FN8O2. The number of fused-ring (bicyclic) bond motifs is 1. The molecule has 6 rings (SSSR count). The summed E-state index contributed by atoms with van der Waals surface area (Å²) in [5, 5.41) is 14.9. The number of carbonyl (C=O) groups excluding carboxylic acids is 1. The van der Waals surface area contributed by atoms with Gasteiger partial charge in [0.2, 0.25) is 0 Å². The fourth-order valence-electron chi connectivity index (χ4n) is 4.47. The van der Waals surface area contributed by atoms with Gasteiger partial charge in [-0.15, -0.1) is 0 Å². The number of rotatable bonds is 5. The number of morpholine rings is 1. The minimum absolute atomic E-state index is 0.100. The number of nitrogens with one attached hydrogen (secondary N) is 2. The zero-order valence-electron chi connectivity index (χ0n) is 19.9. The molecule has 1 aliphatic rings. The highest BCUT2D eigenvalue weighted by atomic mass is 19.1. The number of hydrogen-bond acceptors (Lipinski definition) is 7. The third kappa shape index (κ3) is 4.29. The maximum Gasteiger partial charge on any atom is 0.257 e. The molecule has 5 aromatic rings. The number of aromatic amines is 1. The van der Waals surface area contributed by atoms with Gasteiger partial charge in [0.15, 0.2) is 11.5 Å². The zero-order valence-corrected chi connectivity index (χ0v) is 19.9. The third-order valence-electron chi connectivity index (χ3n) is 6.33. The summed E-state index contributed by atoms with van der Waals surface area (Å²) in [4.78, 5) is 23.5. The smallest absolute Gasteiger partial charge is 0.257 e. The van der Waals surface area contributed by atoms with Crippen molar-refractivity contribution in [1.29, 1.82) is 0 Å². The van der Waals surface area contributed by atoms with Gasteiger partial charge in [-0.05, 0) is 43.3 Å². The number of hydrogen-bond donors (Lipinski definition) is 2. The van der Waals surface area contributed by atoms with Crippen LogP contribution in [0.2, 0.25) is 0 Å². The fourth-order valence-corrected chi connectivity index (χ4v) is 4.47. The number of benzene rings is 1. The number of amides is 1. The van der Waals surface area contributed by atoms with Gasteiger partial charge in [0, 0.05) is 53.4 Å². The number of pyridine rings is 2. The van der Waals surface area contributed by atoms with E-state index in [0.717, 1.165) is 0 Å². The predicted molar refractivity (Wildman–Crippen MR) is 136 cm³/mol. The van der Waals surface area contributed by atoms with Gasteiger partial charge >= 0.3 is 0 Å². The maximum atomic E-state index is 15.6. The summed E-state index contributed by atoms with van der Waals surface area (Å²) < 4.78 is 22.8. The first-order valence-electron chi connectivity index (χ1n) is 11.8. The standard InChI is InChI=1S/C26H23FN8O2/c1-16-15-37-10-9-34(16)24-12-20(21-14-30-35(25(21)32-24)23-6-8-29-33-23)19-5-4-18(11-22(19)27)31-26(36)17-3-2-7-28-13-17/h2-8,11-14,16H,9-10,15H2,1H3,(H,29,33)(H,31,36)/t16-/m1/s1. The van der Waals surface area contributed by atoms with E-state index in [4.69, 9.17) is 9.72 Å². The van der Waals surface area contributed by atoms with Crippen LogP contribution >= 0.6 is 0 Å². The summed E-state index contributed by atoms with van der Waals surface area (Å²) in [6.07, 6.45) is 6.41. The minimum Gasteiger partial charge on any atom is -0.377 e. The highest BCUT2D eigenvalue weighted by Crippen LogP contribution is 2.35. The molecule has 0 unspecified atom stereocenters. The van der Waals surface area contributed by atoms with Crippen LogP contribution in [0.25, 0.3) is 28.0 Å². The van der Waals surface area contributed by atoms with Gasteiger partial charge in [-0.3, -0.25) is 14.9 Å². The Bertz CT molecular complexity index is 1570. The SMILES string of the molecule is C[C@@H]1COCCN1c1cc(-c2ccc(NC(=O)c3cccnc3)cc2F)c2cnn(-c3cc[nH]n3)c2n1.